The van der Waals surface area contributed by atoms with Crippen molar-refractivity contribution < 1.29 is 14.3 Å². The number of hydrogen-bond acceptors (Lipinski definition) is 7. The molecule has 4 heterocycles. The summed E-state index contributed by atoms with van der Waals surface area (Å²) in [6.07, 6.45) is 8.66. The number of anilines is 1. The van der Waals surface area contributed by atoms with E-state index in [-0.39, 0.29) is 12.5 Å². The van der Waals surface area contributed by atoms with Crippen molar-refractivity contribution >= 4 is 22.4 Å². The molecule has 0 bridgehead atoms. The molecular weight excluding hydrogens is 412 g/mol. The van der Waals surface area contributed by atoms with E-state index in [2.05, 4.69) is 14.9 Å². The first-order chi connectivity index (χ1) is 15.2. The summed E-state index contributed by atoms with van der Waals surface area (Å²) in [6.45, 7) is 0.821. The zero-order valence-corrected chi connectivity index (χ0v) is 17.5. The van der Waals surface area contributed by atoms with Gasteiger partial charge >= 0.3 is 5.97 Å². The van der Waals surface area contributed by atoms with Gasteiger partial charge in [0, 0.05) is 41.7 Å². The molecule has 156 valence electrons. The molecule has 0 saturated carbocycles. The lowest BCUT2D eigenvalue weighted by atomic mass is 10.1. The molecule has 1 aromatic carbocycles. The van der Waals surface area contributed by atoms with Crippen LogP contribution >= 0.6 is 11.3 Å². The minimum atomic E-state index is -0.774. The Hall–Kier alpha value is -3.52. The molecule has 1 atom stereocenters. The Labute approximate surface area is 183 Å². The van der Waals surface area contributed by atoms with E-state index in [9.17, 15) is 9.90 Å². The molecular formula is C23H20N4O3S. The number of aliphatic carboxylic acids is 1. The third-order valence-electron chi connectivity index (χ3n) is 5.45. The normalized spacial score (nSPS) is 16.0. The molecule has 1 aliphatic rings. The fourth-order valence-electron chi connectivity index (χ4n) is 3.97. The highest BCUT2D eigenvalue weighted by molar-refractivity contribution is 7.19. The van der Waals surface area contributed by atoms with E-state index in [1.165, 1.54) is 6.39 Å². The van der Waals surface area contributed by atoms with E-state index < -0.39 is 5.97 Å². The van der Waals surface area contributed by atoms with Crippen LogP contribution in [0, 0.1) is 0 Å². The SMILES string of the molecule is O=C(O)CC1CCCN1c1nc(-c2ccc(-c3cnco3)cc2)c(-c2cccnc2)s1. The molecule has 31 heavy (non-hydrogen) atoms. The van der Waals surface area contributed by atoms with E-state index >= 15 is 0 Å². The summed E-state index contributed by atoms with van der Waals surface area (Å²) in [6, 6.07) is 11.9. The Morgan fingerprint density at radius 2 is 1.97 bits per heavy atom. The number of thiazole rings is 1. The zero-order valence-electron chi connectivity index (χ0n) is 16.6. The molecule has 0 radical (unpaired) electrons. The Kier molecular flexibility index (Phi) is 5.21. The molecule has 1 fully saturated rings. The van der Waals surface area contributed by atoms with Crippen molar-refractivity contribution in [3.8, 4) is 33.0 Å². The summed E-state index contributed by atoms with van der Waals surface area (Å²) < 4.78 is 5.39. The minimum Gasteiger partial charge on any atom is -0.481 e. The molecule has 3 aromatic heterocycles. The number of carbonyl (C=O) groups is 1. The summed E-state index contributed by atoms with van der Waals surface area (Å²) >= 11 is 1.59. The quantitative estimate of drug-likeness (QED) is 0.460. The van der Waals surface area contributed by atoms with Crippen LogP contribution in [-0.2, 0) is 4.79 Å². The maximum Gasteiger partial charge on any atom is 0.305 e. The highest BCUT2D eigenvalue weighted by atomic mass is 32.1. The molecule has 0 amide bonds. The summed E-state index contributed by atoms with van der Waals surface area (Å²) in [5.74, 6) is -0.0595. The van der Waals surface area contributed by atoms with Gasteiger partial charge in [0.1, 0.15) is 0 Å². The molecule has 1 N–H and O–H groups in total. The first kappa shape index (κ1) is 19.4. The number of nitrogens with zero attached hydrogens (tertiary/aromatic N) is 4. The number of benzene rings is 1. The predicted octanol–water partition coefficient (Wildman–Crippen LogP) is 4.97. The fraction of sp³-hybridized carbons (Fsp3) is 0.217. The van der Waals surface area contributed by atoms with E-state index in [1.54, 1.807) is 23.7 Å². The van der Waals surface area contributed by atoms with Crippen LogP contribution in [0.2, 0.25) is 0 Å². The van der Waals surface area contributed by atoms with Gasteiger partial charge in [0.05, 0.1) is 23.2 Å². The second-order valence-corrected chi connectivity index (χ2v) is 8.42. The van der Waals surface area contributed by atoms with E-state index in [1.807, 2.05) is 42.6 Å². The van der Waals surface area contributed by atoms with Gasteiger partial charge in [0.25, 0.3) is 0 Å². The largest absolute Gasteiger partial charge is 0.481 e. The average Bonchev–Trinajstić information content (AvgIpc) is 3.55. The molecule has 0 aliphatic carbocycles. The van der Waals surface area contributed by atoms with Gasteiger partial charge in [-0.3, -0.25) is 9.78 Å². The Morgan fingerprint density at radius 1 is 1.13 bits per heavy atom. The van der Waals surface area contributed by atoms with Gasteiger partial charge in [-0.1, -0.05) is 41.7 Å². The number of rotatable bonds is 6. The monoisotopic (exact) mass is 432 g/mol. The lowest BCUT2D eigenvalue weighted by Crippen LogP contribution is -2.31. The molecule has 0 spiro atoms. The maximum absolute atomic E-state index is 11.3. The van der Waals surface area contributed by atoms with Crippen LogP contribution < -0.4 is 4.90 Å². The van der Waals surface area contributed by atoms with Crippen LogP contribution in [0.25, 0.3) is 33.0 Å². The van der Waals surface area contributed by atoms with E-state index in [0.717, 1.165) is 51.8 Å². The van der Waals surface area contributed by atoms with Crippen molar-refractivity contribution in [2.24, 2.45) is 0 Å². The smallest absolute Gasteiger partial charge is 0.305 e. The summed E-state index contributed by atoms with van der Waals surface area (Å²) in [5, 5.41) is 10.2. The predicted molar refractivity (Wildman–Crippen MR) is 119 cm³/mol. The van der Waals surface area contributed by atoms with Crippen LogP contribution in [0.1, 0.15) is 19.3 Å². The van der Waals surface area contributed by atoms with Gasteiger partial charge in [-0.2, -0.15) is 0 Å². The van der Waals surface area contributed by atoms with Crippen LogP contribution in [0.3, 0.4) is 0 Å². The van der Waals surface area contributed by atoms with Crippen LogP contribution in [0.15, 0.2) is 65.8 Å². The van der Waals surface area contributed by atoms with Gasteiger partial charge < -0.3 is 14.4 Å². The van der Waals surface area contributed by atoms with Gasteiger partial charge in [0.15, 0.2) is 17.3 Å². The van der Waals surface area contributed by atoms with Crippen molar-refractivity contribution in [1.82, 2.24) is 15.0 Å². The lowest BCUT2D eigenvalue weighted by Gasteiger charge is -2.22. The lowest BCUT2D eigenvalue weighted by molar-refractivity contribution is -0.137. The molecule has 7 nitrogen and oxygen atoms in total. The Bertz CT molecular complexity index is 1170. The van der Waals surface area contributed by atoms with Crippen LogP contribution in [0.4, 0.5) is 5.13 Å². The van der Waals surface area contributed by atoms with Crippen molar-refractivity contribution in [2.45, 2.75) is 25.3 Å². The molecule has 1 saturated heterocycles. The highest BCUT2D eigenvalue weighted by Gasteiger charge is 2.30. The van der Waals surface area contributed by atoms with E-state index in [0.29, 0.717) is 5.76 Å². The second kappa shape index (κ2) is 8.31. The number of pyridine rings is 1. The van der Waals surface area contributed by atoms with Gasteiger partial charge in [-0.05, 0) is 18.9 Å². The first-order valence-corrected chi connectivity index (χ1v) is 10.9. The number of hydrogen-bond donors (Lipinski definition) is 1. The highest BCUT2D eigenvalue weighted by Crippen LogP contribution is 2.42. The maximum atomic E-state index is 11.3. The Morgan fingerprint density at radius 3 is 2.68 bits per heavy atom. The molecule has 1 aliphatic heterocycles. The number of oxazole rings is 1. The number of carboxylic acid groups (broad SMARTS) is 1. The van der Waals surface area contributed by atoms with Crippen molar-refractivity contribution in [3.63, 3.8) is 0 Å². The molecule has 5 rings (SSSR count). The first-order valence-electron chi connectivity index (χ1n) is 10.1. The minimum absolute atomic E-state index is 0.0212. The molecule has 1 unspecified atom stereocenters. The van der Waals surface area contributed by atoms with E-state index in [4.69, 9.17) is 9.40 Å². The number of carboxylic acids is 1. The third-order valence-corrected chi connectivity index (χ3v) is 6.59. The topological polar surface area (TPSA) is 92.3 Å². The summed E-state index contributed by atoms with van der Waals surface area (Å²) in [5.41, 5.74) is 3.80. The van der Waals surface area contributed by atoms with Gasteiger partial charge in [-0.15, -0.1) is 0 Å². The molecule has 8 heteroatoms. The Balaban J connectivity index is 1.55. The average molecular weight is 433 g/mol. The van der Waals surface area contributed by atoms with Crippen molar-refractivity contribution in [1.29, 1.82) is 0 Å². The molecule has 4 aromatic rings. The number of aromatic nitrogens is 3. The second-order valence-electron chi connectivity index (χ2n) is 7.45. The van der Waals surface area contributed by atoms with Crippen LogP contribution in [-0.4, -0.2) is 38.6 Å². The third kappa shape index (κ3) is 3.94. The van der Waals surface area contributed by atoms with Crippen LogP contribution in [0.5, 0.6) is 0 Å². The summed E-state index contributed by atoms with van der Waals surface area (Å²) in [4.78, 5) is 27.7. The zero-order chi connectivity index (χ0) is 21.2. The summed E-state index contributed by atoms with van der Waals surface area (Å²) in [7, 11) is 0. The van der Waals surface area contributed by atoms with Gasteiger partial charge in [-0.25, -0.2) is 9.97 Å². The standard InChI is InChI=1S/C23H20N4O3S/c28-20(29)11-18-4-2-10-27(18)23-26-21(22(31-23)17-3-1-9-24-12-17)16-7-5-15(6-8-16)19-13-25-14-30-19/h1,3,5-9,12-14,18H,2,4,10-11H2,(H,28,29). The van der Waals surface area contributed by atoms with Crippen molar-refractivity contribution in [3.05, 3.63) is 61.4 Å². The van der Waals surface area contributed by atoms with Crippen molar-refractivity contribution in [2.75, 3.05) is 11.4 Å². The van der Waals surface area contributed by atoms with Gasteiger partial charge in [0.2, 0.25) is 0 Å². The fourth-order valence-corrected chi connectivity index (χ4v) is 5.15.